The molecule has 0 amide bonds. The van der Waals surface area contributed by atoms with Gasteiger partial charge in [-0.25, -0.2) is 4.98 Å². The van der Waals surface area contributed by atoms with Crippen LogP contribution in [0.4, 0.5) is 11.5 Å². The van der Waals surface area contributed by atoms with Gasteiger partial charge in [0.25, 0.3) is 5.69 Å². The summed E-state index contributed by atoms with van der Waals surface area (Å²) in [6.07, 6.45) is 2.52. The third-order valence-electron chi connectivity index (χ3n) is 3.68. The van der Waals surface area contributed by atoms with Crippen molar-refractivity contribution in [2.75, 3.05) is 24.5 Å². The number of hydrogen-bond donors (Lipinski definition) is 1. The summed E-state index contributed by atoms with van der Waals surface area (Å²) in [6, 6.07) is 3.78. The van der Waals surface area contributed by atoms with Crippen molar-refractivity contribution in [3.8, 4) is 0 Å². The molecular weight excluding hydrogens is 220 g/mol. The molecule has 2 aliphatic rings. The lowest BCUT2D eigenvalue weighted by molar-refractivity contribution is -0.385. The van der Waals surface area contributed by atoms with Gasteiger partial charge in [0.15, 0.2) is 0 Å². The van der Waals surface area contributed by atoms with Crippen molar-refractivity contribution in [2.24, 2.45) is 5.92 Å². The molecule has 6 nitrogen and oxygen atoms in total. The Morgan fingerprint density at radius 2 is 2.35 bits per heavy atom. The van der Waals surface area contributed by atoms with Gasteiger partial charge in [-0.05, 0) is 18.4 Å². The molecule has 1 aromatic heterocycles. The Hall–Kier alpha value is -1.69. The number of fused-ring (bicyclic) bond motifs is 1. The van der Waals surface area contributed by atoms with Crippen LogP contribution in [0.25, 0.3) is 0 Å². The van der Waals surface area contributed by atoms with Crippen LogP contribution in [0.1, 0.15) is 6.42 Å². The standard InChI is InChI=1S/C11H14N4O2/c16-15(17)9-1-2-11(13-6-9)14-4-3-8-5-12-7-10(8)14/h1-2,6,8,10,12H,3-5,7H2/t8-,10+/m1/s1. The number of nitro groups is 1. The van der Waals surface area contributed by atoms with Crippen molar-refractivity contribution in [1.82, 2.24) is 10.3 Å². The van der Waals surface area contributed by atoms with Crippen LogP contribution in [-0.2, 0) is 0 Å². The Labute approximate surface area is 98.8 Å². The van der Waals surface area contributed by atoms with Gasteiger partial charge >= 0.3 is 0 Å². The molecule has 0 aliphatic carbocycles. The maximum atomic E-state index is 10.6. The van der Waals surface area contributed by atoms with Gasteiger partial charge in [-0.3, -0.25) is 10.1 Å². The minimum absolute atomic E-state index is 0.0500. The molecule has 0 unspecified atom stereocenters. The molecule has 2 saturated heterocycles. The summed E-state index contributed by atoms with van der Waals surface area (Å²) < 4.78 is 0. The molecule has 0 radical (unpaired) electrons. The predicted molar refractivity (Wildman–Crippen MR) is 63.0 cm³/mol. The van der Waals surface area contributed by atoms with Crippen molar-refractivity contribution in [3.05, 3.63) is 28.4 Å². The first-order valence-corrected chi connectivity index (χ1v) is 5.83. The van der Waals surface area contributed by atoms with Crippen molar-refractivity contribution in [1.29, 1.82) is 0 Å². The fourth-order valence-corrected chi connectivity index (χ4v) is 2.79. The Morgan fingerprint density at radius 3 is 3.06 bits per heavy atom. The highest BCUT2D eigenvalue weighted by Crippen LogP contribution is 2.31. The number of anilines is 1. The van der Waals surface area contributed by atoms with Gasteiger partial charge in [0.2, 0.25) is 0 Å². The molecule has 3 heterocycles. The van der Waals surface area contributed by atoms with E-state index in [9.17, 15) is 10.1 Å². The molecule has 17 heavy (non-hydrogen) atoms. The summed E-state index contributed by atoms with van der Waals surface area (Å²) >= 11 is 0. The number of nitrogens with zero attached hydrogens (tertiary/aromatic N) is 3. The Morgan fingerprint density at radius 1 is 1.47 bits per heavy atom. The molecule has 1 aromatic rings. The molecule has 0 aromatic carbocycles. The minimum atomic E-state index is -0.416. The topological polar surface area (TPSA) is 71.3 Å². The smallest absolute Gasteiger partial charge is 0.287 e. The van der Waals surface area contributed by atoms with E-state index in [2.05, 4.69) is 15.2 Å². The predicted octanol–water partition coefficient (Wildman–Crippen LogP) is 0.788. The third-order valence-corrected chi connectivity index (χ3v) is 3.68. The monoisotopic (exact) mass is 234 g/mol. The van der Waals surface area contributed by atoms with Crippen molar-refractivity contribution in [2.45, 2.75) is 12.5 Å². The van der Waals surface area contributed by atoms with Gasteiger partial charge in [0, 0.05) is 31.7 Å². The quantitative estimate of drug-likeness (QED) is 0.605. The number of hydrogen-bond acceptors (Lipinski definition) is 5. The summed E-state index contributed by atoms with van der Waals surface area (Å²) in [7, 11) is 0. The van der Waals surface area contributed by atoms with Crippen molar-refractivity contribution < 1.29 is 4.92 Å². The highest BCUT2D eigenvalue weighted by molar-refractivity contribution is 5.45. The fourth-order valence-electron chi connectivity index (χ4n) is 2.79. The first-order valence-electron chi connectivity index (χ1n) is 5.83. The van der Waals surface area contributed by atoms with Crippen LogP contribution >= 0.6 is 0 Å². The van der Waals surface area contributed by atoms with E-state index in [0.717, 1.165) is 25.5 Å². The summed E-state index contributed by atoms with van der Waals surface area (Å²) in [5.41, 5.74) is 0.0500. The van der Waals surface area contributed by atoms with Gasteiger partial charge in [0.05, 0.1) is 4.92 Å². The Balaban J connectivity index is 1.82. The van der Waals surface area contributed by atoms with Gasteiger partial charge in [-0.1, -0.05) is 0 Å². The third kappa shape index (κ3) is 1.74. The highest BCUT2D eigenvalue weighted by atomic mass is 16.6. The minimum Gasteiger partial charge on any atom is -0.352 e. The second kappa shape index (κ2) is 3.96. The van der Waals surface area contributed by atoms with E-state index in [-0.39, 0.29) is 5.69 Å². The normalized spacial score (nSPS) is 27.2. The van der Waals surface area contributed by atoms with Gasteiger partial charge in [-0.2, -0.15) is 0 Å². The zero-order valence-electron chi connectivity index (χ0n) is 9.37. The van der Waals surface area contributed by atoms with E-state index in [1.807, 2.05) is 0 Å². The van der Waals surface area contributed by atoms with E-state index in [0.29, 0.717) is 12.0 Å². The van der Waals surface area contributed by atoms with Crippen LogP contribution in [0.15, 0.2) is 18.3 Å². The second-order valence-electron chi connectivity index (χ2n) is 4.60. The lowest BCUT2D eigenvalue weighted by Gasteiger charge is -2.24. The van der Waals surface area contributed by atoms with Crippen LogP contribution in [0.5, 0.6) is 0 Å². The molecule has 90 valence electrons. The number of pyridine rings is 1. The number of nitrogens with one attached hydrogen (secondary N) is 1. The first-order chi connectivity index (χ1) is 8.25. The molecule has 6 heteroatoms. The van der Waals surface area contributed by atoms with Gasteiger partial charge in [-0.15, -0.1) is 0 Å². The Kier molecular flexibility index (Phi) is 2.44. The van der Waals surface area contributed by atoms with E-state index in [1.165, 1.54) is 18.7 Å². The van der Waals surface area contributed by atoms with Crippen LogP contribution in [0.3, 0.4) is 0 Å². The lowest BCUT2D eigenvalue weighted by atomic mass is 10.1. The zero-order chi connectivity index (χ0) is 11.8. The summed E-state index contributed by atoms with van der Waals surface area (Å²) in [5.74, 6) is 1.55. The van der Waals surface area contributed by atoms with E-state index in [1.54, 1.807) is 6.07 Å². The van der Waals surface area contributed by atoms with Crippen molar-refractivity contribution >= 4 is 11.5 Å². The molecular formula is C11H14N4O2. The average molecular weight is 234 g/mol. The molecule has 0 saturated carbocycles. The molecule has 2 fully saturated rings. The number of rotatable bonds is 2. The summed E-state index contributed by atoms with van der Waals surface area (Å²) in [5, 5.41) is 13.9. The average Bonchev–Trinajstić information content (AvgIpc) is 2.90. The van der Waals surface area contributed by atoms with E-state index in [4.69, 9.17) is 0 Å². The van der Waals surface area contributed by atoms with Crippen LogP contribution < -0.4 is 10.2 Å². The SMILES string of the molecule is O=[N+]([O-])c1ccc(N2CC[C@@H]3CNC[C@@H]32)nc1. The largest absolute Gasteiger partial charge is 0.352 e. The molecule has 0 bridgehead atoms. The number of aromatic nitrogens is 1. The molecule has 2 atom stereocenters. The first kappa shape index (κ1) is 10.5. The van der Waals surface area contributed by atoms with Gasteiger partial charge in [0.1, 0.15) is 12.0 Å². The van der Waals surface area contributed by atoms with Crippen LogP contribution in [-0.4, -0.2) is 35.6 Å². The highest BCUT2D eigenvalue weighted by Gasteiger charge is 2.38. The maximum absolute atomic E-state index is 10.6. The fraction of sp³-hybridized carbons (Fsp3) is 0.545. The molecule has 2 aliphatic heterocycles. The maximum Gasteiger partial charge on any atom is 0.287 e. The van der Waals surface area contributed by atoms with E-state index >= 15 is 0 Å². The second-order valence-corrected chi connectivity index (χ2v) is 4.60. The lowest BCUT2D eigenvalue weighted by Crippen LogP contribution is -2.34. The van der Waals surface area contributed by atoms with E-state index < -0.39 is 4.92 Å². The van der Waals surface area contributed by atoms with Crippen LogP contribution in [0, 0.1) is 16.0 Å². The summed E-state index contributed by atoms with van der Waals surface area (Å²) in [6.45, 7) is 3.07. The summed E-state index contributed by atoms with van der Waals surface area (Å²) in [4.78, 5) is 16.6. The molecule has 0 spiro atoms. The van der Waals surface area contributed by atoms with Crippen LogP contribution in [0.2, 0.25) is 0 Å². The Bertz CT molecular complexity index is 434. The zero-order valence-corrected chi connectivity index (χ0v) is 9.37. The molecule has 3 rings (SSSR count). The molecule has 1 N–H and O–H groups in total. The van der Waals surface area contributed by atoms with Crippen molar-refractivity contribution in [3.63, 3.8) is 0 Å². The van der Waals surface area contributed by atoms with Gasteiger partial charge < -0.3 is 10.2 Å².